The molecule has 2 aromatic rings. The average Bonchev–Trinajstić information content (AvgIpc) is 3.07. The molecule has 0 unspecified atom stereocenters. The fourth-order valence-corrected chi connectivity index (χ4v) is 4.62. The summed E-state index contributed by atoms with van der Waals surface area (Å²) in [5, 5.41) is 3.14. The molecule has 3 rings (SSSR count). The lowest BCUT2D eigenvalue weighted by atomic mass is 9.73. The molecule has 1 fully saturated rings. The normalized spacial score (nSPS) is 16.8. The first-order chi connectivity index (χ1) is 11.5. The SMILES string of the molecule is CN(Cc1cccs1)C(=O)C1(c2ccc(Cl)cc2Cl)CCOCC1. The van der Waals surface area contributed by atoms with Gasteiger partial charge in [0.25, 0.3) is 0 Å². The van der Waals surface area contributed by atoms with Gasteiger partial charge in [-0.15, -0.1) is 11.3 Å². The van der Waals surface area contributed by atoms with Crippen LogP contribution in [0.25, 0.3) is 0 Å². The van der Waals surface area contributed by atoms with Crippen LogP contribution >= 0.6 is 34.5 Å². The fourth-order valence-electron chi connectivity index (χ4n) is 3.27. The molecule has 3 nitrogen and oxygen atoms in total. The number of likely N-dealkylation sites (N-methyl/N-ethyl adjacent to an activating group) is 1. The van der Waals surface area contributed by atoms with Crippen LogP contribution in [0.15, 0.2) is 35.7 Å². The van der Waals surface area contributed by atoms with Gasteiger partial charge in [-0.3, -0.25) is 4.79 Å². The van der Waals surface area contributed by atoms with Crippen molar-refractivity contribution in [2.24, 2.45) is 0 Å². The molecule has 0 spiro atoms. The summed E-state index contributed by atoms with van der Waals surface area (Å²) in [5.41, 5.74) is 0.200. The van der Waals surface area contributed by atoms with E-state index in [2.05, 4.69) is 0 Å². The van der Waals surface area contributed by atoms with Crippen LogP contribution in [0, 0.1) is 0 Å². The highest BCUT2D eigenvalue weighted by atomic mass is 35.5. The van der Waals surface area contributed by atoms with Crippen molar-refractivity contribution in [3.05, 3.63) is 56.2 Å². The maximum absolute atomic E-state index is 13.4. The van der Waals surface area contributed by atoms with Crippen molar-refractivity contribution >= 4 is 40.4 Å². The molecule has 24 heavy (non-hydrogen) atoms. The number of rotatable bonds is 4. The number of carbonyl (C=O) groups excluding carboxylic acids is 1. The summed E-state index contributed by atoms with van der Waals surface area (Å²) in [6.45, 7) is 1.71. The minimum absolute atomic E-state index is 0.0865. The Kier molecular flexibility index (Phi) is 5.50. The zero-order valence-electron chi connectivity index (χ0n) is 13.4. The molecular weight excluding hydrogens is 365 g/mol. The van der Waals surface area contributed by atoms with Gasteiger partial charge >= 0.3 is 0 Å². The van der Waals surface area contributed by atoms with Crippen LogP contribution in [0.1, 0.15) is 23.3 Å². The number of nitrogens with zero attached hydrogens (tertiary/aromatic N) is 1. The quantitative estimate of drug-likeness (QED) is 0.761. The third-order valence-corrected chi connectivity index (χ3v) is 5.93. The fraction of sp³-hybridized carbons (Fsp3) is 0.389. The monoisotopic (exact) mass is 383 g/mol. The maximum Gasteiger partial charge on any atom is 0.233 e. The van der Waals surface area contributed by atoms with E-state index < -0.39 is 5.41 Å². The van der Waals surface area contributed by atoms with Gasteiger partial charge in [-0.05, 0) is 42.0 Å². The zero-order chi connectivity index (χ0) is 17.2. The van der Waals surface area contributed by atoms with Gasteiger partial charge < -0.3 is 9.64 Å². The molecule has 0 aliphatic carbocycles. The van der Waals surface area contributed by atoms with Crippen molar-refractivity contribution in [1.29, 1.82) is 0 Å². The lowest BCUT2D eigenvalue weighted by Crippen LogP contribution is -2.48. The maximum atomic E-state index is 13.4. The molecule has 2 heterocycles. The molecule has 1 amide bonds. The Morgan fingerprint density at radius 2 is 2.04 bits per heavy atom. The predicted octanol–water partition coefficient (Wildman–Crippen LogP) is 4.76. The molecule has 1 aromatic carbocycles. The second-order valence-electron chi connectivity index (χ2n) is 6.06. The van der Waals surface area contributed by atoms with Gasteiger partial charge in [0.2, 0.25) is 5.91 Å². The van der Waals surface area contributed by atoms with Gasteiger partial charge in [0.05, 0.1) is 12.0 Å². The third kappa shape index (κ3) is 3.47. The van der Waals surface area contributed by atoms with Gasteiger partial charge in [-0.2, -0.15) is 0 Å². The number of hydrogen-bond acceptors (Lipinski definition) is 3. The lowest BCUT2D eigenvalue weighted by molar-refractivity contribution is -0.140. The van der Waals surface area contributed by atoms with Crippen molar-refractivity contribution in [2.45, 2.75) is 24.8 Å². The lowest BCUT2D eigenvalue weighted by Gasteiger charge is -2.39. The molecule has 0 atom stereocenters. The summed E-state index contributed by atoms with van der Waals surface area (Å²) < 4.78 is 5.51. The molecule has 1 saturated heterocycles. The number of amides is 1. The highest BCUT2D eigenvalue weighted by Crippen LogP contribution is 2.41. The standard InChI is InChI=1S/C18H19Cl2NO2S/c1-21(12-14-3-2-10-24-14)17(22)18(6-8-23-9-7-18)15-5-4-13(19)11-16(15)20/h2-5,10-11H,6-9,12H2,1H3. The Morgan fingerprint density at radius 3 is 2.67 bits per heavy atom. The van der Waals surface area contributed by atoms with Crippen molar-refractivity contribution in [1.82, 2.24) is 4.90 Å². The second-order valence-corrected chi connectivity index (χ2v) is 7.94. The van der Waals surface area contributed by atoms with E-state index in [4.69, 9.17) is 27.9 Å². The largest absolute Gasteiger partial charge is 0.381 e. The number of benzene rings is 1. The van der Waals surface area contributed by atoms with E-state index in [1.54, 1.807) is 28.4 Å². The molecular formula is C18H19Cl2NO2S. The van der Waals surface area contributed by atoms with E-state index in [0.717, 1.165) is 10.4 Å². The van der Waals surface area contributed by atoms with Crippen molar-refractivity contribution in [3.63, 3.8) is 0 Å². The number of hydrogen-bond donors (Lipinski definition) is 0. The van der Waals surface area contributed by atoms with E-state index in [0.29, 0.717) is 42.6 Å². The van der Waals surface area contributed by atoms with E-state index >= 15 is 0 Å². The Morgan fingerprint density at radius 1 is 1.29 bits per heavy atom. The Balaban J connectivity index is 1.94. The number of thiophene rings is 1. The van der Waals surface area contributed by atoms with Gasteiger partial charge in [-0.1, -0.05) is 35.3 Å². The van der Waals surface area contributed by atoms with Crippen LogP contribution in [0.2, 0.25) is 10.0 Å². The van der Waals surface area contributed by atoms with Crippen molar-refractivity contribution in [2.75, 3.05) is 20.3 Å². The third-order valence-electron chi connectivity index (χ3n) is 4.52. The summed E-state index contributed by atoms with van der Waals surface area (Å²) in [6.07, 6.45) is 1.25. The molecule has 1 aliphatic rings. The second kappa shape index (κ2) is 7.44. The smallest absolute Gasteiger partial charge is 0.233 e. The van der Waals surface area contributed by atoms with Crippen molar-refractivity contribution < 1.29 is 9.53 Å². The molecule has 0 saturated carbocycles. The number of ether oxygens (including phenoxy) is 1. The topological polar surface area (TPSA) is 29.5 Å². The van der Waals surface area contributed by atoms with Gasteiger partial charge in [0.1, 0.15) is 0 Å². The first-order valence-electron chi connectivity index (χ1n) is 7.84. The summed E-state index contributed by atoms with van der Waals surface area (Å²) in [7, 11) is 1.85. The molecule has 1 aromatic heterocycles. The molecule has 0 bridgehead atoms. The zero-order valence-corrected chi connectivity index (χ0v) is 15.8. The first kappa shape index (κ1) is 17.7. The highest BCUT2D eigenvalue weighted by molar-refractivity contribution is 7.09. The van der Waals surface area contributed by atoms with Gasteiger partial charge in [-0.25, -0.2) is 0 Å². The van der Waals surface area contributed by atoms with Crippen LogP contribution in [0.5, 0.6) is 0 Å². The minimum Gasteiger partial charge on any atom is -0.381 e. The molecule has 128 valence electrons. The summed E-state index contributed by atoms with van der Waals surface area (Å²) in [4.78, 5) is 16.3. The van der Waals surface area contributed by atoms with Crippen LogP contribution in [0.3, 0.4) is 0 Å². The highest BCUT2D eigenvalue weighted by Gasteiger charge is 2.44. The van der Waals surface area contributed by atoms with Crippen LogP contribution in [-0.2, 0) is 21.5 Å². The van der Waals surface area contributed by atoms with Crippen LogP contribution in [0.4, 0.5) is 0 Å². The summed E-state index contributed by atoms with van der Waals surface area (Å²) in [5.74, 6) is 0.0865. The van der Waals surface area contributed by atoms with Gasteiger partial charge in [0, 0.05) is 35.2 Å². The molecule has 1 aliphatic heterocycles. The average molecular weight is 384 g/mol. The Bertz CT molecular complexity index is 712. The van der Waals surface area contributed by atoms with E-state index in [-0.39, 0.29) is 5.91 Å². The van der Waals surface area contributed by atoms with Crippen LogP contribution in [-0.4, -0.2) is 31.1 Å². The number of halogens is 2. The van der Waals surface area contributed by atoms with E-state index in [1.807, 2.05) is 30.6 Å². The molecule has 0 N–H and O–H groups in total. The predicted molar refractivity (Wildman–Crippen MR) is 99.0 cm³/mol. The number of carbonyl (C=O) groups is 1. The summed E-state index contributed by atoms with van der Waals surface area (Å²) >= 11 is 14.1. The Labute approximate surface area is 156 Å². The summed E-state index contributed by atoms with van der Waals surface area (Å²) in [6, 6.07) is 9.43. The first-order valence-corrected chi connectivity index (χ1v) is 9.48. The van der Waals surface area contributed by atoms with Gasteiger partial charge in [0.15, 0.2) is 0 Å². The minimum atomic E-state index is -0.647. The molecule has 0 radical (unpaired) electrons. The molecule has 6 heteroatoms. The van der Waals surface area contributed by atoms with Crippen molar-refractivity contribution in [3.8, 4) is 0 Å². The van der Waals surface area contributed by atoms with E-state index in [9.17, 15) is 4.79 Å². The van der Waals surface area contributed by atoms with E-state index in [1.165, 1.54) is 0 Å². The van der Waals surface area contributed by atoms with Crippen LogP contribution < -0.4 is 0 Å². The Hall–Kier alpha value is -1.07.